The predicted octanol–water partition coefficient (Wildman–Crippen LogP) is 3.77. The molecule has 2 rings (SSSR count). The summed E-state index contributed by atoms with van der Waals surface area (Å²) >= 11 is 17.6. The van der Waals surface area contributed by atoms with Crippen molar-refractivity contribution in [2.24, 2.45) is 0 Å². The van der Waals surface area contributed by atoms with Gasteiger partial charge in [0.1, 0.15) is 4.84 Å². The van der Waals surface area contributed by atoms with E-state index in [1.807, 2.05) is 19.1 Å². The van der Waals surface area contributed by atoms with Crippen molar-refractivity contribution >= 4 is 46.4 Å². The summed E-state index contributed by atoms with van der Waals surface area (Å²) in [5.41, 5.74) is 1.07. The van der Waals surface area contributed by atoms with E-state index in [0.29, 0.717) is 11.4 Å². The SMILES string of the molecule is CN1C(=O)C(C)(CC(Cl)Cl)c2cc(Cl)ccc21. The van der Waals surface area contributed by atoms with Gasteiger partial charge in [0.15, 0.2) is 0 Å². The van der Waals surface area contributed by atoms with E-state index in [4.69, 9.17) is 34.8 Å². The van der Waals surface area contributed by atoms with E-state index in [1.165, 1.54) is 0 Å². The second kappa shape index (κ2) is 4.34. The zero-order chi connectivity index (χ0) is 12.8. The molecule has 1 aromatic carbocycles. The smallest absolute Gasteiger partial charge is 0.237 e. The maximum absolute atomic E-state index is 12.3. The van der Waals surface area contributed by atoms with Crippen molar-refractivity contribution in [2.75, 3.05) is 11.9 Å². The van der Waals surface area contributed by atoms with E-state index in [0.717, 1.165) is 11.3 Å². The van der Waals surface area contributed by atoms with Crippen molar-refractivity contribution in [3.8, 4) is 0 Å². The second-order valence-electron chi connectivity index (χ2n) is 4.45. The molecule has 1 atom stereocenters. The molecule has 0 fully saturated rings. The summed E-state index contributed by atoms with van der Waals surface area (Å²) in [5.74, 6) is 0.000988. The maximum atomic E-state index is 12.3. The summed E-state index contributed by atoms with van der Waals surface area (Å²) in [7, 11) is 1.75. The molecule has 1 unspecified atom stereocenters. The number of alkyl halides is 2. The third kappa shape index (κ3) is 2.03. The summed E-state index contributed by atoms with van der Waals surface area (Å²) < 4.78 is 0. The van der Waals surface area contributed by atoms with Crippen molar-refractivity contribution in [3.63, 3.8) is 0 Å². The van der Waals surface area contributed by atoms with Gasteiger partial charge in [-0.25, -0.2) is 0 Å². The van der Waals surface area contributed by atoms with Gasteiger partial charge < -0.3 is 4.90 Å². The molecule has 1 aliphatic heterocycles. The predicted molar refractivity (Wildman–Crippen MR) is 72.3 cm³/mol. The normalized spacial score (nSPS) is 23.4. The number of hydrogen-bond acceptors (Lipinski definition) is 1. The van der Waals surface area contributed by atoms with E-state index in [-0.39, 0.29) is 5.91 Å². The van der Waals surface area contributed by atoms with E-state index in [1.54, 1.807) is 18.0 Å². The Bertz CT molecular complexity index is 475. The van der Waals surface area contributed by atoms with Crippen molar-refractivity contribution in [3.05, 3.63) is 28.8 Å². The van der Waals surface area contributed by atoms with Gasteiger partial charge in [0, 0.05) is 17.8 Å². The first kappa shape index (κ1) is 13.0. The molecule has 0 saturated heterocycles. The minimum atomic E-state index is -0.691. The first-order valence-corrected chi connectivity index (χ1v) is 6.47. The highest BCUT2D eigenvalue weighted by atomic mass is 35.5. The number of nitrogens with zero attached hydrogens (tertiary/aromatic N) is 1. The van der Waals surface area contributed by atoms with Gasteiger partial charge in [-0.2, -0.15) is 0 Å². The Morgan fingerprint density at radius 3 is 2.65 bits per heavy atom. The maximum Gasteiger partial charge on any atom is 0.237 e. The van der Waals surface area contributed by atoms with Crippen LogP contribution in [0.2, 0.25) is 5.02 Å². The van der Waals surface area contributed by atoms with E-state index in [2.05, 4.69) is 0 Å². The highest BCUT2D eigenvalue weighted by molar-refractivity contribution is 6.44. The number of likely N-dealkylation sites (N-methyl/N-ethyl adjacent to an activating group) is 1. The summed E-state index contributed by atoms with van der Waals surface area (Å²) in [6.45, 7) is 1.85. The first-order valence-electron chi connectivity index (χ1n) is 5.22. The Morgan fingerprint density at radius 1 is 1.41 bits per heavy atom. The van der Waals surface area contributed by atoms with Crippen LogP contribution in [0, 0.1) is 0 Å². The fourth-order valence-corrected chi connectivity index (χ4v) is 3.13. The van der Waals surface area contributed by atoms with Crippen LogP contribution in [0.1, 0.15) is 18.9 Å². The number of halogens is 3. The molecule has 1 aliphatic rings. The number of anilines is 1. The minimum Gasteiger partial charge on any atom is -0.314 e. The number of rotatable bonds is 2. The molecule has 0 bridgehead atoms. The Hall–Kier alpha value is -0.440. The van der Waals surface area contributed by atoms with Gasteiger partial charge in [-0.1, -0.05) is 11.6 Å². The van der Waals surface area contributed by atoms with Crippen LogP contribution in [0.3, 0.4) is 0 Å². The largest absolute Gasteiger partial charge is 0.314 e. The standard InChI is InChI=1S/C12H12Cl3NO/c1-12(6-10(14)15)8-5-7(13)3-4-9(8)16(2)11(12)17/h3-5,10H,6H2,1-2H3. The van der Waals surface area contributed by atoms with Gasteiger partial charge in [0.25, 0.3) is 0 Å². The lowest BCUT2D eigenvalue weighted by molar-refractivity contribution is -0.122. The van der Waals surface area contributed by atoms with Crippen LogP contribution >= 0.6 is 34.8 Å². The minimum absolute atomic E-state index is 0.000988. The highest BCUT2D eigenvalue weighted by Gasteiger charge is 2.46. The van der Waals surface area contributed by atoms with Gasteiger partial charge in [-0.05, 0) is 37.1 Å². The summed E-state index contributed by atoms with van der Waals surface area (Å²) in [6, 6.07) is 5.43. The van der Waals surface area contributed by atoms with E-state index >= 15 is 0 Å². The molecule has 1 amide bonds. The van der Waals surface area contributed by atoms with Crippen LogP contribution in [0.4, 0.5) is 5.69 Å². The third-order valence-electron chi connectivity index (χ3n) is 3.25. The lowest BCUT2D eigenvalue weighted by atomic mass is 9.81. The van der Waals surface area contributed by atoms with Crippen LogP contribution < -0.4 is 4.90 Å². The number of carbonyl (C=O) groups is 1. The average molecular weight is 293 g/mol. The van der Waals surface area contributed by atoms with Gasteiger partial charge in [-0.15, -0.1) is 23.2 Å². The Morgan fingerprint density at radius 2 is 2.06 bits per heavy atom. The van der Waals surface area contributed by atoms with Gasteiger partial charge >= 0.3 is 0 Å². The van der Waals surface area contributed by atoms with Crippen LogP contribution in [0.15, 0.2) is 18.2 Å². The van der Waals surface area contributed by atoms with E-state index in [9.17, 15) is 4.79 Å². The van der Waals surface area contributed by atoms with Crippen molar-refractivity contribution < 1.29 is 4.79 Å². The molecule has 0 aromatic heterocycles. The molecule has 0 radical (unpaired) electrons. The number of benzene rings is 1. The third-order valence-corrected chi connectivity index (χ3v) is 3.80. The summed E-state index contributed by atoms with van der Waals surface area (Å²) in [4.78, 5) is 13.3. The molecule has 2 nitrogen and oxygen atoms in total. The van der Waals surface area contributed by atoms with Gasteiger partial charge in [0.05, 0.1) is 5.41 Å². The molecular formula is C12H12Cl3NO. The average Bonchev–Trinajstić information content (AvgIpc) is 2.41. The molecule has 5 heteroatoms. The van der Waals surface area contributed by atoms with Gasteiger partial charge in [0.2, 0.25) is 5.91 Å². The van der Waals surface area contributed by atoms with Crippen LogP contribution in [0.25, 0.3) is 0 Å². The Balaban J connectivity index is 2.56. The second-order valence-corrected chi connectivity index (χ2v) is 6.17. The molecule has 1 heterocycles. The number of hydrogen-bond donors (Lipinski definition) is 0. The Labute approximate surface area is 115 Å². The fourth-order valence-electron chi connectivity index (χ4n) is 2.34. The Kier molecular flexibility index (Phi) is 3.32. The molecule has 0 saturated carbocycles. The number of fused-ring (bicyclic) bond motifs is 1. The summed E-state index contributed by atoms with van der Waals surface area (Å²) in [6.07, 6.45) is 0.382. The van der Waals surface area contributed by atoms with Crippen molar-refractivity contribution in [2.45, 2.75) is 23.6 Å². The topological polar surface area (TPSA) is 20.3 Å². The van der Waals surface area contributed by atoms with Crippen molar-refractivity contribution in [1.29, 1.82) is 0 Å². The van der Waals surface area contributed by atoms with Crippen LogP contribution in [-0.2, 0) is 10.2 Å². The molecule has 92 valence electrons. The molecule has 0 spiro atoms. The first-order chi connectivity index (χ1) is 7.86. The van der Waals surface area contributed by atoms with Gasteiger partial charge in [-0.3, -0.25) is 4.79 Å². The molecule has 1 aromatic rings. The lowest BCUT2D eigenvalue weighted by Crippen LogP contribution is -2.37. The summed E-state index contributed by atoms with van der Waals surface area (Å²) in [5, 5.41) is 0.610. The van der Waals surface area contributed by atoms with Crippen LogP contribution in [-0.4, -0.2) is 17.8 Å². The molecular weight excluding hydrogens is 280 g/mol. The quantitative estimate of drug-likeness (QED) is 0.760. The zero-order valence-corrected chi connectivity index (χ0v) is 11.8. The lowest BCUT2D eigenvalue weighted by Gasteiger charge is -2.23. The number of amides is 1. The van der Waals surface area contributed by atoms with E-state index < -0.39 is 10.3 Å². The monoisotopic (exact) mass is 291 g/mol. The zero-order valence-electron chi connectivity index (χ0n) is 9.51. The number of carbonyl (C=O) groups excluding carboxylic acids is 1. The fraction of sp³-hybridized carbons (Fsp3) is 0.417. The molecule has 0 aliphatic carbocycles. The molecule has 0 N–H and O–H groups in total. The van der Waals surface area contributed by atoms with Crippen molar-refractivity contribution in [1.82, 2.24) is 0 Å². The molecule has 17 heavy (non-hydrogen) atoms. The van der Waals surface area contributed by atoms with Crippen LogP contribution in [0.5, 0.6) is 0 Å². The highest BCUT2D eigenvalue weighted by Crippen LogP contribution is 2.45.